The zero-order chi connectivity index (χ0) is 17.4. The smallest absolute Gasteiger partial charge is 0.255 e. The van der Waals surface area contributed by atoms with Crippen molar-refractivity contribution in [1.82, 2.24) is 19.7 Å². The van der Waals surface area contributed by atoms with Gasteiger partial charge in [-0.3, -0.25) is 9.48 Å². The number of pyridine rings is 1. The van der Waals surface area contributed by atoms with Crippen molar-refractivity contribution in [3.63, 3.8) is 0 Å². The SMILES string of the molecule is COC1CN(C(=O)c2cnc3c(cnn3C)c2)CCc2ccccc21. The molecule has 0 spiro atoms. The highest BCUT2D eigenvalue weighted by Crippen LogP contribution is 2.27. The Hall–Kier alpha value is -2.73. The van der Waals surface area contributed by atoms with Gasteiger partial charge in [0.2, 0.25) is 0 Å². The van der Waals surface area contributed by atoms with Crippen molar-refractivity contribution in [2.75, 3.05) is 20.2 Å². The first kappa shape index (κ1) is 15.8. The standard InChI is InChI=1S/C19H20N4O2/c1-22-18-14(11-21-22)9-15(10-20-18)19(24)23-8-7-13-5-3-4-6-16(13)17(12-23)25-2/h3-6,9-11,17H,7-8,12H2,1-2H3. The Morgan fingerprint density at radius 3 is 2.96 bits per heavy atom. The van der Waals surface area contributed by atoms with Gasteiger partial charge in [-0.1, -0.05) is 24.3 Å². The van der Waals surface area contributed by atoms with Gasteiger partial charge >= 0.3 is 0 Å². The summed E-state index contributed by atoms with van der Waals surface area (Å²) in [5, 5.41) is 5.06. The highest BCUT2D eigenvalue weighted by Gasteiger charge is 2.26. The zero-order valence-electron chi connectivity index (χ0n) is 14.3. The second-order valence-electron chi connectivity index (χ2n) is 6.33. The summed E-state index contributed by atoms with van der Waals surface area (Å²) in [6.45, 7) is 1.21. The van der Waals surface area contributed by atoms with Gasteiger partial charge in [0.25, 0.3) is 5.91 Å². The number of benzene rings is 1. The van der Waals surface area contributed by atoms with Crippen LogP contribution in [0.1, 0.15) is 27.6 Å². The van der Waals surface area contributed by atoms with Gasteiger partial charge in [-0.25, -0.2) is 4.98 Å². The Morgan fingerprint density at radius 1 is 1.28 bits per heavy atom. The summed E-state index contributed by atoms with van der Waals surface area (Å²) < 4.78 is 7.37. The van der Waals surface area contributed by atoms with Crippen LogP contribution < -0.4 is 0 Å². The summed E-state index contributed by atoms with van der Waals surface area (Å²) >= 11 is 0. The van der Waals surface area contributed by atoms with Crippen molar-refractivity contribution in [2.24, 2.45) is 7.05 Å². The monoisotopic (exact) mass is 336 g/mol. The van der Waals surface area contributed by atoms with E-state index in [0.29, 0.717) is 18.7 Å². The molecule has 6 nitrogen and oxygen atoms in total. The predicted octanol–water partition coefficient (Wildman–Crippen LogP) is 2.35. The lowest BCUT2D eigenvalue weighted by Crippen LogP contribution is -2.35. The van der Waals surface area contributed by atoms with E-state index in [1.165, 1.54) is 11.1 Å². The van der Waals surface area contributed by atoms with Gasteiger partial charge in [-0.05, 0) is 23.6 Å². The Kier molecular flexibility index (Phi) is 3.97. The number of aromatic nitrogens is 3. The molecule has 0 bridgehead atoms. The van der Waals surface area contributed by atoms with E-state index in [1.54, 1.807) is 24.2 Å². The molecule has 0 saturated carbocycles. The minimum Gasteiger partial charge on any atom is -0.375 e. The third kappa shape index (κ3) is 2.78. The van der Waals surface area contributed by atoms with E-state index in [0.717, 1.165) is 17.5 Å². The van der Waals surface area contributed by atoms with Gasteiger partial charge in [-0.2, -0.15) is 5.10 Å². The molecule has 3 heterocycles. The van der Waals surface area contributed by atoms with Crippen LogP contribution in [-0.4, -0.2) is 45.8 Å². The Balaban J connectivity index is 1.63. The first-order chi connectivity index (χ1) is 12.2. The number of amides is 1. The molecule has 0 saturated heterocycles. The lowest BCUT2D eigenvalue weighted by Gasteiger charge is -2.24. The van der Waals surface area contributed by atoms with E-state index >= 15 is 0 Å². The number of fused-ring (bicyclic) bond motifs is 2. The number of methoxy groups -OCH3 is 1. The Labute approximate surface area is 146 Å². The van der Waals surface area contributed by atoms with Crippen LogP contribution in [0.2, 0.25) is 0 Å². The topological polar surface area (TPSA) is 60.2 Å². The van der Waals surface area contributed by atoms with Crippen molar-refractivity contribution < 1.29 is 9.53 Å². The molecule has 1 aliphatic rings. The van der Waals surface area contributed by atoms with Crippen LogP contribution >= 0.6 is 0 Å². The molecular weight excluding hydrogens is 316 g/mol. The van der Waals surface area contributed by atoms with Crippen LogP contribution in [0, 0.1) is 0 Å². The number of hydrogen-bond donors (Lipinski definition) is 0. The number of ether oxygens (including phenoxy) is 1. The summed E-state index contributed by atoms with van der Waals surface area (Å²) in [6.07, 6.45) is 4.07. The minimum absolute atomic E-state index is 0.0203. The van der Waals surface area contributed by atoms with Gasteiger partial charge in [0.1, 0.15) is 0 Å². The van der Waals surface area contributed by atoms with Crippen LogP contribution in [0.3, 0.4) is 0 Å². The van der Waals surface area contributed by atoms with E-state index in [1.807, 2.05) is 30.1 Å². The van der Waals surface area contributed by atoms with Crippen molar-refractivity contribution in [3.05, 3.63) is 59.4 Å². The summed E-state index contributed by atoms with van der Waals surface area (Å²) in [5.74, 6) is -0.0203. The summed E-state index contributed by atoms with van der Waals surface area (Å²) in [6, 6.07) is 10.1. The van der Waals surface area contributed by atoms with E-state index in [9.17, 15) is 4.79 Å². The maximum atomic E-state index is 13.0. The highest BCUT2D eigenvalue weighted by atomic mass is 16.5. The van der Waals surface area contributed by atoms with Crippen molar-refractivity contribution in [3.8, 4) is 0 Å². The summed E-state index contributed by atoms with van der Waals surface area (Å²) in [4.78, 5) is 19.3. The molecule has 0 radical (unpaired) electrons. The van der Waals surface area contributed by atoms with Gasteiger partial charge in [-0.15, -0.1) is 0 Å². The molecule has 2 aromatic heterocycles. The van der Waals surface area contributed by atoms with Crippen LogP contribution in [0.4, 0.5) is 0 Å². The van der Waals surface area contributed by atoms with Crippen molar-refractivity contribution >= 4 is 16.9 Å². The molecule has 1 atom stereocenters. The molecule has 3 aromatic rings. The molecule has 1 aromatic carbocycles. The van der Waals surface area contributed by atoms with E-state index < -0.39 is 0 Å². The van der Waals surface area contributed by atoms with Crippen molar-refractivity contribution in [1.29, 1.82) is 0 Å². The molecule has 0 aliphatic carbocycles. The lowest BCUT2D eigenvalue weighted by molar-refractivity contribution is 0.0507. The fourth-order valence-electron chi connectivity index (χ4n) is 3.45. The van der Waals surface area contributed by atoms with Crippen molar-refractivity contribution in [2.45, 2.75) is 12.5 Å². The molecule has 25 heavy (non-hydrogen) atoms. The number of carbonyl (C=O) groups excluding carboxylic acids is 1. The number of nitrogens with zero attached hydrogens (tertiary/aromatic N) is 4. The molecule has 0 N–H and O–H groups in total. The molecular formula is C19H20N4O2. The van der Waals surface area contributed by atoms with E-state index in [2.05, 4.69) is 22.2 Å². The molecule has 0 fully saturated rings. The maximum Gasteiger partial charge on any atom is 0.255 e. The molecule has 1 aliphatic heterocycles. The van der Waals surface area contributed by atoms with E-state index in [4.69, 9.17) is 4.74 Å². The Bertz CT molecular complexity index is 934. The summed E-state index contributed by atoms with van der Waals surface area (Å²) in [7, 11) is 3.53. The average molecular weight is 336 g/mol. The van der Waals surface area contributed by atoms with Crippen LogP contribution in [-0.2, 0) is 18.2 Å². The average Bonchev–Trinajstić information content (AvgIpc) is 2.91. The van der Waals surface area contributed by atoms with Gasteiger partial charge in [0.05, 0.1) is 24.4 Å². The minimum atomic E-state index is -0.113. The van der Waals surface area contributed by atoms with Crippen LogP contribution in [0.25, 0.3) is 11.0 Å². The van der Waals surface area contributed by atoms with E-state index in [-0.39, 0.29) is 12.0 Å². The largest absolute Gasteiger partial charge is 0.375 e. The number of rotatable bonds is 2. The van der Waals surface area contributed by atoms with Crippen LogP contribution in [0.15, 0.2) is 42.7 Å². The normalized spacial score (nSPS) is 17.4. The zero-order valence-corrected chi connectivity index (χ0v) is 14.3. The summed E-state index contributed by atoms with van der Waals surface area (Å²) in [5.41, 5.74) is 3.77. The number of hydrogen-bond acceptors (Lipinski definition) is 4. The Morgan fingerprint density at radius 2 is 2.12 bits per heavy atom. The third-order valence-electron chi connectivity index (χ3n) is 4.83. The van der Waals surface area contributed by atoms with Gasteiger partial charge in [0.15, 0.2) is 5.65 Å². The fourth-order valence-corrected chi connectivity index (χ4v) is 3.45. The van der Waals surface area contributed by atoms with Gasteiger partial charge < -0.3 is 9.64 Å². The molecule has 4 rings (SSSR count). The fraction of sp³-hybridized carbons (Fsp3) is 0.316. The molecule has 128 valence electrons. The highest BCUT2D eigenvalue weighted by molar-refractivity contribution is 5.96. The predicted molar refractivity (Wildman–Crippen MR) is 94.3 cm³/mol. The molecule has 6 heteroatoms. The second kappa shape index (κ2) is 6.29. The maximum absolute atomic E-state index is 13.0. The quantitative estimate of drug-likeness (QED) is 0.721. The van der Waals surface area contributed by atoms with Gasteiger partial charge in [0, 0.05) is 32.3 Å². The molecule has 1 amide bonds. The van der Waals surface area contributed by atoms with Crippen LogP contribution in [0.5, 0.6) is 0 Å². The first-order valence-electron chi connectivity index (χ1n) is 8.35. The second-order valence-corrected chi connectivity index (χ2v) is 6.33. The first-order valence-corrected chi connectivity index (χ1v) is 8.35. The lowest BCUT2D eigenvalue weighted by atomic mass is 10.0. The molecule has 1 unspecified atom stereocenters. The number of aryl methyl sites for hydroxylation is 1. The third-order valence-corrected chi connectivity index (χ3v) is 4.83. The number of carbonyl (C=O) groups is 1.